The van der Waals surface area contributed by atoms with Crippen LogP contribution in [0.25, 0.3) is 10.9 Å². The zero-order valence-corrected chi connectivity index (χ0v) is 18.6. The molecule has 2 heterocycles. The van der Waals surface area contributed by atoms with Gasteiger partial charge in [-0.05, 0) is 44.4 Å². The lowest BCUT2D eigenvalue weighted by Gasteiger charge is -2.11. The van der Waals surface area contributed by atoms with Gasteiger partial charge >= 0.3 is 0 Å². The summed E-state index contributed by atoms with van der Waals surface area (Å²) in [6, 6.07) is 6.55. The van der Waals surface area contributed by atoms with Gasteiger partial charge in [-0.25, -0.2) is 9.98 Å². The number of rotatable bonds is 6. The molecule has 2 aromatic heterocycles. The number of hydrogen-bond acceptors (Lipinski definition) is 3. The van der Waals surface area contributed by atoms with Crippen LogP contribution in [-0.4, -0.2) is 29.0 Å². The molecule has 0 atom stereocenters. The molecular formula is C19H26IN5S. The summed E-state index contributed by atoms with van der Waals surface area (Å²) in [5.41, 5.74) is 6.75. The molecule has 3 rings (SSSR count). The summed E-state index contributed by atoms with van der Waals surface area (Å²) in [7, 11) is 0. The molecule has 0 radical (unpaired) electrons. The molecule has 0 amide bonds. The van der Waals surface area contributed by atoms with E-state index >= 15 is 0 Å². The van der Waals surface area contributed by atoms with Gasteiger partial charge in [0.05, 0.1) is 17.7 Å². The first-order valence-corrected chi connectivity index (χ1v) is 9.53. The first-order valence-electron chi connectivity index (χ1n) is 8.65. The van der Waals surface area contributed by atoms with Gasteiger partial charge in [-0.15, -0.1) is 35.3 Å². The molecule has 3 N–H and O–H groups in total. The lowest BCUT2D eigenvalue weighted by molar-refractivity contribution is 0.802. The SMILES string of the molecule is CCNC(=NCc1scnc1C)NCCc1c[nH]c2cc(C)ccc12.I. The normalized spacial score (nSPS) is 11.4. The van der Waals surface area contributed by atoms with Gasteiger partial charge in [0.2, 0.25) is 0 Å². The third kappa shape index (κ3) is 5.20. The van der Waals surface area contributed by atoms with Crippen molar-refractivity contribution in [1.82, 2.24) is 20.6 Å². The minimum absolute atomic E-state index is 0. The Morgan fingerprint density at radius 1 is 1.27 bits per heavy atom. The molecule has 0 aliphatic carbocycles. The largest absolute Gasteiger partial charge is 0.361 e. The Labute approximate surface area is 175 Å². The number of H-pyrrole nitrogens is 1. The number of nitrogens with zero attached hydrogens (tertiary/aromatic N) is 2. The summed E-state index contributed by atoms with van der Waals surface area (Å²) in [6.45, 7) is 8.58. The van der Waals surface area contributed by atoms with E-state index in [1.165, 1.54) is 26.9 Å². The van der Waals surface area contributed by atoms with E-state index in [-0.39, 0.29) is 24.0 Å². The minimum atomic E-state index is 0. The number of aromatic nitrogens is 2. The van der Waals surface area contributed by atoms with Crippen molar-refractivity contribution < 1.29 is 0 Å². The van der Waals surface area contributed by atoms with Crippen LogP contribution in [0.15, 0.2) is 34.9 Å². The Morgan fingerprint density at radius 2 is 2.12 bits per heavy atom. The molecule has 0 saturated carbocycles. The van der Waals surface area contributed by atoms with E-state index < -0.39 is 0 Å². The van der Waals surface area contributed by atoms with Crippen LogP contribution in [0.4, 0.5) is 0 Å². The van der Waals surface area contributed by atoms with Gasteiger partial charge in [0, 0.05) is 35.1 Å². The summed E-state index contributed by atoms with van der Waals surface area (Å²) in [5, 5.41) is 8.03. The second kappa shape index (κ2) is 9.91. The van der Waals surface area contributed by atoms with E-state index in [2.05, 4.69) is 63.8 Å². The van der Waals surface area contributed by atoms with Gasteiger partial charge in [-0.1, -0.05) is 12.1 Å². The first kappa shape index (κ1) is 20.7. The number of aliphatic imine (C=N–C) groups is 1. The Hall–Kier alpha value is -1.61. The fraction of sp³-hybridized carbons (Fsp3) is 0.368. The fourth-order valence-electron chi connectivity index (χ4n) is 2.79. The summed E-state index contributed by atoms with van der Waals surface area (Å²) < 4.78 is 0. The highest BCUT2D eigenvalue weighted by atomic mass is 127. The van der Waals surface area contributed by atoms with Crippen LogP contribution in [0.3, 0.4) is 0 Å². The highest BCUT2D eigenvalue weighted by Gasteiger charge is 2.05. The molecule has 0 spiro atoms. The lowest BCUT2D eigenvalue weighted by atomic mass is 10.1. The second-order valence-corrected chi connectivity index (χ2v) is 7.04. The number of aromatic amines is 1. The molecule has 5 nitrogen and oxygen atoms in total. The lowest BCUT2D eigenvalue weighted by Crippen LogP contribution is -2.38. The molecule has 0 unspecified atom stereocenters. The molecule has 1 aromatic carbocycles. The highest BCUT2D eigenvalue weighted by Crippen LogP contribution is 2.19. The molecule has 0 bridgehead atoms. The summed E-state index contributed by atoms with van der Waals surface area (Å²) in [6.07, 6.45) is 3.06. The van der Waals surface area contributed by atoms with E-state index in [4.69, 9.17) is 0 Å². The van der Waals surface area contributed by atoms with Crippen molar-refractivity contribution in [3.8, 4) is 0 Å². The zero-order valence-electron chi connectivity index (χ0n) is 15.4. The van der Waals surface area contributed by atoms with E-state index in [1.807, 2.05) is 12.4 Å². The Balaban J connectivity index is 0.00000243. The summed E-state index contributed by atoms with van der Waals surface area (Å²) in [5.74, 6) is 0.853. The molecule has 26 heavy (non-hydrogen) atoms. The molecule has 0 aliphatic rings. The van der Waals surface area contributed by atoms with Crippen LogP contribution < -0.4 is 10.6 Å². The van der Waals surface area contributed by atoms with Crippen molar-refractivity contribution in [1.29, 1.82) is 0 Å². The number of fused-ring (bicyclic) bond motifs is 1. The smallest absolute Gasteiger partial charge is 0.191 e. The predicted molar refractivity (Wildman–Crippen MR) is 122 cm³/mol. The Kier molecular flexibility index (Phi) is 7.89. The van der Waals surface area contributed by atoms with Gasteiger partial charge in [0.15, 0.2) is 5.96 Å². The summed E-state index contributed by atoms with van der Waals surface area (Å²) in [4.78, 5) is 13.5. The average molecular weight is 483 g/mol. The van der Waals surface area contributed by atoms with Crippen molar-refractivity contribution in [3.05, 3.63) is 51.6 Å². The van der Waals surface area contributed by atoms with Gasteiger partial charge in [0.1, 0.15) is 0 Å². The zero-order chi connectivity index (χ0) is 17.6. The van der Waals surface area contributed by atoms with Crippen molar-refractivity contribution >= 4 is 52.2 Å². The average Bonchev–Trinajstić information content (AvgIpc) is 3.18. The quantitative estimate of drug-likeness (QED) is 0.280. The molecule has 0 saturated heterocycles. The number of halogens is 1. The van der Waals surface area contributed by atoms with Crippen LogP contribution in [0.1, 0.15) is 28.6 Å². The van der Waals surface area contributed by atoms with Gasteiger partial charge in [0.25, 0.3) is 0 Å². The van der Waals surface area contributed by atoms with Gasteiger partial charge in [-0.2, -0.15) is 0 Å². The minimum Gasteiger partial charge on any atom is -0.361 e. The number of guanidine groups is 1. The molecule has 140 valence electrons. The maximum Gasteiger partial charge on any atom is 0.191 e. The van der Waals surface area contributed by atoms with Crippen LogP contribution in [0, 0.1) is 13.8 Å². The Morgan fingerprint density at radius 3 is 2.85 bits per heavy atom. The standard InChI is InChI=1S/C19H25N5S.HI/c1-4-20-19(23-11-18-14(3)24-12-25-18)21-8-7-15-10-22-17-9-13(2)5-6-16(15)17;/h5-6,9-10,12,22H,4,7-8,11H2,1-3H3,(H2,20,21,23);1H. The first-order chi connectivity index (χ1) is 12.2. The van der Waals surface area contributed by atoms with E-state index in [9.17, 15) is 0 Å². The molecule has 7 heteroatoms. The topological polar surface area (TPSA) is 65.1 Å². The second-order valence-electron chi connectivity index (χ2n) is 6.10. The molecule has 0 fully saturated rings. The van der Waals surface area contributed by atoms with Gasteiger partial charge < -0.3 is 15.6 Å². The van der Waals surface area contributed by atoms with Crippen molar-refractivity contribution in [3.63, 3.8) is 0 Å². The highest BCUT2D eigenvalue weighted by molar-refractivity contribution is 14.0. The monoisotopic (exact) mass is 483 g/mol. The van der Waals surface area contributed by atoms with Crippen molar-refractivity contribution in [2.75, 3.05) is 13.1 Å². The number of aryl methyl sites for hydroxylation is 2. The Bertz CT molecular complexity index is 868. The maximum absolute atomic E-state index is 4.67. The van der Waals surface area contributed by atoms with Crippen LogP contribution >= 0.6 is 35.3 Å². The van der Waals surface area contributed by atoms with E-state index in [1.54, 1.807) is 11.3 Å². The molecular weight excluding hydrogens is 457 g/mol. The third-order valence-corrected chi connectivity index (χ3v) is 5.10. The van der Waals surface area contributed by atoms with Gasteiger partial charge in [-0.3, -0.25) is 0 Å². The molecule has 0 aliphatic heterocycles. The van der Waals surface area contributed by atoms with E-state index in [0.29, 0.717) is 6.54 Å². The van der Waals surface area contributed by atoms with Crippen molar-refractivity contribution in [2.24, 2.45) is 4.99 Å². The number of thiazole rings is 1. The van der Waals surface area contributed by atoms with Crippen LogP contribution in [-0.2, 0) is 13.0 Å². The molecule has 3 aromatic rings. The van der Waals surface area contributed by atoms with Crippen LogP contribution in [0.2, 0.25) is 0 Å². The number of nitrogens with one attached hydrogen (secondary N) is 3. The fourth-order valence-corrected chi connectivity index (χ4v) is 3.49. The van der Waals surface area contributed by atoms with Crippen LogP contribution in [0.5, 0.6) is 0 Å². The third-order valence-electron chi connectivity index (χ3n) is 4.18. The number of benzene rings is 1. The predicted octanol–water partition coefficient (Wildman–Crippen LogP) is 4.16. The number of hydrogen-bond donors (Lipinski definition) is 3. The van der Waals surface area contributed by atoms with E-state index in [0.717, 1.165) is 31.2 Å². The maximum atomic E-state index is 4.67. The summed E-state index contributed by atoms with van der Waals surface area (Å²) >= 11 is 1.66. The van der Waals surface area contributed by atoms with Crippen molar-refractivity contribution in [2.45, 2.75) is 33.7 Å².